The SMILES string of the molecule is CCCNC1CCC(c2cccc3c2OCCN3C2CCC(=O)NC2=O)CC1. The molecule has 1 unspecified atom stereocenters. The molecule has 2 N–H and O–H groups in total. The van der Waals surface area contributed by atoms with Crippen molar-refractivity contribution in [3.8, 4) is 5.75 Å². The third kappa shape index (κ3) is 3.88. The van der Waals surface area contributed by atoms with Crippen LogP contribution in [-0.2, 0) is 9.59 Å². The van der Waals surface area contributed by atoms with Gasteiger partial charge >= 0.3 is 0 Å². The molecule has 28 heavy (non-hydrogen) atoms. The van der Waals surface area contributed by atoms with E-state index in [2.05, 4.69) is 40.7 Å². The molecule has 0 aromatic heterocycles. The molecule has 4 rings (SSSR count). The number of anilines is 1. The van der Waals surface area contributed by atoms with Gasteiger partial charge in [-0.05, 0) is 62.6 Å². The molecule has 2 amide bonds. The number of nitrogens with one attached hydrogen (secondary N) is 2. The minimum Gasteiger partial charge on any atom is -0.489 e. The molecule has 2 heterocycles. The highest BCUT2D eigenvalue weighted by Crippen LogP contribution is 2.44. The van der Waals surface area contributed by atoms with E-state index in [1.807, 2.05) is 0 Å². The first kappa shape index (κ1) is 19.2. The standard InChI is InChI=1S/C22H31N3O3/c1-2-12-23-16-8-6-15(7-9-16)17-4-3-5-18-21(17)28-14-13-25(18)19-10-11-20(26)24-22(19)27/h3-5,15-16,19,23H,2,6-14H2,1H3,(H,24,26,27). The number of nitrogens with zero attached hydrogens (tertiary/aromatic N) is 1. The Morgan fingerprint density at radius 3 is 2.75 bits per heavy atom. The summed E-state index contributed by atoms with van der Waals surface area (Å²) in [5.74, 6) is 1.11. The van der Waals surface area contributed by atoms with Crippen LogP contribution < -0.4 is 20.3 Å². The lowest BCUT2D eigenvalue weighted by molar-refractivity contribution is -0.134. The first-order valence-electron chi connectivity index (χ1n) is 10.8. The summed E-state index contributed by atoms with van der Waals surface area (Å²) in [4.78, 5) is 26.1. The van der Waals surface area contributed by atoms with Crippen LogP contribution in [0.25, 0.3) is 0 Å². The second-order valence-electron chi connectivity index (χ2n) is 8.21. The molecule has 1 aromatic rings. The highest BCUT2D eigenvalue weighted by Gasteiger charge is 2.36. The number of carbonyl (C=O) groups excluding carboxylic acids is 2. The molecule has 0 spiro atoms. The molecule has 0 bridgehead atoms. The largest absolute Gasteiger partial charge is 0.489 e. The van der Waals surface area contributed by atoms with Crippen molar-refractivity contribution in [2.24, 2.45) is 0 Å². The van der Waals surface area contributed by atoms with Crippen molar-refractivity contribution in [1.82, 2.24) is 10.6 Å². The molecular weight excluding hydrogens is 354 g/mol. The van der Waals surface area contributed by atoms with Crippen LogP contribution >= 0.6 is 0 Å². The molecule has 1 saturated carbocycles. The molecule has 2 fully saturated rings. The van der Waals surface area contributed by atoms with Gasteiger partial charge in [0.1, 0.15) is 18.4 Å². The normalized spacial score (nSPS) is 27.8. The third-order valence-corrected chi connectivity index (χ3v) is 6.35. The van der Waals surface area contributed by atoms with E-state index < -0.39 is 0 Å². The lowest BCUT2D eigenvalue weighted by atomic mass is 9.81. The number of benzene rings is 1. The summed E-state index contributed by atoms with van der Waals surface area (Å²) in [5, 5.41) is 6.14. The molecular formula is C22H31N3O3. The number of rotatable bonds is 5. The Balaban J connectivity index is 1.51. The Hall–Kier alpha value is -2.08. The number of hydrogen-bond donors (Lipinski definition) is 2. The van der Waals surface area contributed by atoms with E-state index in [0.29, 0.717) is 38.0 Å². The summed E-state index contributed by atoms with van der Waals surface area (Å²) in [7, 11) is 0. The van der Waals surface area contributed by atoms with Crippen molar-refractivity contribution >= 4 is 17.5 Å². The molecule has 6 nitrogen and oxygen atoms in total. The van der Waals surface area contributed by atoms with Gasteiger partial charge < -0.3 is 15.0 Å². The van der Waals surface area contributed by atoms with E-state index in [1.54, 1.807) is 0 Å². The van der Waals surface area contributed by atoms with Crippen LogP contribution in [0, 0.1) is 0 Å². The van der Waals surface area contributed by atoms with Crippen molar-refractivity contribution in [3.05, 3.63) is 23.8 Å². The maximum absolute atomic E-state index is 12.4. The van der Waals surface area contributed by atoms with Crippen LogP contribution in [0.1, 0.15) is 63.4 Å². The second kappa shape index (κ2) is 8.52. The van der Waals surface area contributed by atoms with Crippen molar-refractivity contribution in [3.63, 3.8) is 0 Å². The van der Waals surface area contributed by atoms with Crippen LogP contribution in [0.2, 0.25) is 0 Å². The quantitative estimate of drug-likeness (QED) is 0.763. The van der Waals surface area contributed by atoms with Crippen LogP contribution in [0.15, 0.2) is 18.2 Å². The number of fused-ring (bicyclic) bond motifs is 1. The van der Waals surface area contributed by atoms with Crippen LogP contribution in [0.4, 0.5) is 5.69 Å². The molecule has 3 aliphatic rings. The molecule has 1 saturated heterocycles. The number of para-hydroxylation sites is 1. The first-order chi connectivity index (χ1) is 13.7. The van der Waals surface area contributed by atoms with Gasteiger partial charge in [-0.3, -0.25) is 14.9 Å². The summed E-state index contributed by atoms with van der Waals surface area (Å²) in [5.41, 5.74) is 2.29. The Bertz CT molecular complexity index is 728. The molecule has 1 atom stereocenters. The zero-order valence-corrected chi connectivity index (χ0v) is 16.7. The Kier molecular flexibility index (Phi) is 5.85. The maximum Gasteiger partial charge on any atom is 0.249 e. The van der Waals surface area contributed by atoms with Gasteiger partial charge in [0.05, 0.1) is 12.2 Å². The average molecular weight is 386 g/mol. The smallest absolute Gasteiger partial charge is 0.249 e. The van der Waals surface area contributed by atoms with E-state index >= 15 is 0 Å². The van der Waals surface area contributed by atoms with Crippen molar-refractivity contribution in [1.29, 1.82) is 0 Å². The Morgan fingerprint density at radius 2 is 2.00 bits per heavy atom. The van der Waals surface area contributed by atoms with Gasteiger partial charge in [0, 0.05) is 12.5 Å². The fraction of sp³-hybridized carbons (Fsp3) is 0.636. The number of amides is 2. The van der Waals surface area contributed by atoms with Gasteiger partial charge in [-0.25, -0.2) is 0 Å². The van der Waals surface area contributed by atoms with Crippen molar-refractivity contribution < 1.29 is 14.3 Å². The number of imide groups is 1. The van der Waals surface area contributed by atoms with E-state index in [4.69, 9.17) is 4.74 Å². The van der Waals surface area contributed by atoms with E-state index in [-0.39, 0.29) is 17.9 Å². The van der Waals surface area contributed by atoms with E-state index in [9.17, 15) is 9.59 Å². The molecule has 2 aliphatic heterocycles. The lowest BCUT2D eigenvalue weighted by Gasteiger charge is -2.40. The van der Waals surface area contributed by atoms with Crippen molar-refractivity contribution in [2.75, 3.05) is 24.6 Å². The summed E-state index contributed by atoms with van der Waals surface area (Å²) >= 11 is 0. The summed E-state index contributed by atoms with van der Waals surface area (Å²) in [6.45, 7) is 4.56. The highest BCUT2D eigenvalue weighted by molar-refractivity contribution is 6.01. The van der Waals surface area contributed by atoms with Gasteiger partial charge in [-0.1, -0.05) is 19.1 Å². The van der Waals surface area contributed by atoms with Gasteiger partial charge in [0.25, 0.3) is 0 Å². The van der Waals surface area contributed by atoms with Crippen LogP contribution in [-0.4, -0.2) is 43.6 Å². The summed E-state index contributed by atoms with van der Waals surface area (Å²) in [6, 6.07) is 6.68. The predicted molar refractivity (Wildman–Crippen MR) is 109 cm³/mol. The van der Waals surface area contributed by atoms with Crippen LogP contribution in [0.5, 0.6) is 5.75 Å². The zero-order valence-electron chi connectivity index (χ0n) is 16.7. The average Bonchev–Trinajstić information content (AvgIpc) is 2.72. The summed E-state index contributed by atoms with van der Waals surface area (Å²) in [6.07, 6.45) is 6.88. The molecule has 152 valence electrons. The topological polar surface area (TPSA) is 70.7 Å². The number of carbonyl (C=O) groups is 2. The van der Waals surface area contributed by atoms with Gasteiger partial charge in [0.15, 0.2) is 0 Å². The van der Waals surface area contributed by atoms with Gasteiger partial charge in [-0.15, -0.1) is 0 Å². The number of piperidine rings is 1. The molecule has 1 aromatic carbocycles. The minimum atomic E-state index is -0.287. The van der Waals surface area contributed by atoms with Gasteiger partial charge in [-0.2, -0.15) is 0 Å². The highest BCUT2D eigenvalue weighted by atomic mass is 16.5. The minimum absolute atomic E-state index is 0.170. The Morgan fingerprint density at radius 1 is 1.18 bits per heavy atom. The second-order valence-corrected chi connectivity index (χ2v) is 8.21. The molecule has 6 heteroatoms. The van der Waals surface area contributed by atoms with Crippen LogP contribution in [0.3, 0.4) is 0 Å². The van der Waals surface area contributed by atoms with Crippen molar-refractivity contribution in [2.45, 2.75) is 69.9 Å². The number of hydrogen-bond acceptors (Lipinski definition) is 5. The maximum atomic E-state index is 12.4. The van der Waals surface area contributed by atoms with E-state index in [1.165, 1.54) is 37.7 Å². The monoisotopic (exact) mass is 385 g/mol. The fourth-order valence-corrected chi connectivity index (χ4v) is 4.87. The number of ether oxygens (including phenoxy) is 1. The Labute approximate surface area is 167 Å². The molecule has 1 aliphatic carbocycles. The summed E-state index contributed by atoms with van der Waals surface area (Å²) < 4.78 is 6.12. The zero-order chi connectivity index (χ0) is 19.5. The lowest BCUT2D eigenvalue weighted by Crippen LogP contribution is -2.54. The third-order valence-electron chi connectivity index (χ3n) is 6.35. The van der Waals surface area contributed by atoms with Gasteiger partial charge in [0.2, 0.25) is 11.8 Å². The molecule has 0 radical (unpaired) electrons. The van der Waals surface area contributed by atoms with E-state index in [0.717, 1.165) is 18.0 Å². The fourth-order valence-electron chi connectivity index (χ4n) is 4.87. The first-order valence-corrected chi connectivity index (χ1v) is 10.8. The predicted octanol–water partition coefficient (Wildman–Crippen LogP) is 2.72.